The number of hydrogen-bond donors (Lipinski definition) is 0. The lowest BCUT2D eigenvalue weighted by molar-refractivity contribution is 0.112. The summed E-state index contributed by atoms with van der Waals surface area (Å²) in [6, 6.07) is 3.52. The van der Waals surface area contributed by atoms with Gasteiger partial charge in [-0.05, 0) is 6.07 Å². The lowest BCUT2D eigenvalue weighted by Crippen LogP contribution is -1.94. The van der Waals surface area contributed by atoms with Gasteiger partial charge in [0.25, 0.3) is 0 Å². The first kappa shape index (κ1) is 13.4. The Balaban J connectivity index is 2.57. The normalized spacial score (nSPS) is 10.1. The predicted molar refractivity (Wildman–Crippen MR) is 72.6 cm³/mol. The molecule has 0 bridgehead atoms. The van der Waals surface area contributed by atoms with E-state index >= 15 is 0 Å². The van der Waals surface area contributed by atoms with Gasteiger partial charge in [-0.15, -0.1) is 11.3 Å². The van der Waals surface area contributed by atoms with Gasteiger partial charge in [0, 0.05) is 12.3 Å². The highest BCUT2D eigenvalue weighted by atomic mass is 32.1. The highest BCUT2D eigenvalue weighted by Gasteiger charge is 2.15. The topological polar surface area (TPSA) is 57.7 Å². The number of thiazole rings is 1. The van der Waals surface area contributed by atoms with Crippen LogP contribution in [0.4, 0.5) is 0 Å². The fraction of sp³-hybridized carbons (Fsp3) is 0.231. The molecule has 2 aromatic rings. The molecule has 0 N–H and O–H groups in total. The fourth-order valence-electron chi connectivity index (χ4n) is 1.66. The first-order valence-corrected chi connectivity index (χ1v) is 6.26. The zero-order valence-electron chi connectivity index (χ0n) is 10.8. The van der Waals surface area contributed by atoms with Crippen molar-refractivity contribution < 1.29 is 19.0 Å². The summed E-state index contributed by atoms with van der Waals surface area (Å²) in [4.78, 5) is 15.5. The number of rotatable bonds is 5. The maximum atomic E-state index is 10.7. The minimum atomic E-state index is 0.562. The summed E-state index contributed by atoms with van der Waals surface area (Å²) >= 11 is 1.29. The standard InChI is InChI=1S/C13H13NO4S/c1-16-10-5-12(18-3)11(17-2)4-9(10)13-14-6-8(7-15)19-13/h4-7H,1-3H3. The van der Waals surface area contributed by atoms with Crippen LogP contribution in [0.5, 0.6) is 17.2 Å². The lowest BCUT2D eigenvalue weighted by atomic mass is 10.2. The molecule has 0 amide bonds. The van der Waals surface area contributed by atoms with Crippen molar-refractivity contribution >= 4 is 17.6 Å². The van der Waals surface area contributed by atoms with Gasteiger partial charge in [-0.25, -0.2) is 4.98 Å². The first-order chi connectivity index (χ1) is 9.23. The Labute approximate surface area is 114 Å². The minimum absolute atomic E-state index is 0.562. The number of aldehydes is 1. The van der Waals surface area contributed by atoms with E-state index in [-0.39, 0.29) is 0 Å². The molecule has 0 unspecified atom stereocenters. The van der Waals surface area contributed by atoms with E-state index < -0.39 is 0 Å². The van der Waals surface area contributed by atoms with Crippen LogP contribution in [-0.2, 0) is 0 Å². The SMILES string of the molecule is COc1cc(OC)c(-c2ncc(C=O)s2)cc1OC. The summed E-state index contributed by atoms with van der Waals surface area (Å²) in [5.41, 5.74) is 0.762. The van der Waals surface area contributed by atoms with Crippen LogP contribution in [0.15, 0.2) is 18.3 Å². The molecular weight excluding hydrogens is 266 g/mol. The van der Waals surface area contributed by atoms with Crippen LogP contribution in [0.1, 0.15) is 9.67 Å². The van der Waals surface area contributed by atoms with Crippen molar-refractivity contribution in [1.29, 1.82) is 0 Å². The quantitative estimate of drug-likeness (QED) is 0.787. The molecule has 100 valence electrons. The molecule has 0 saturated heterocycles. The highest BCUT2D eigenvalue weighted by Crippen LogP contribution is 2.41. The number of hydrogen-bond acceptors (Lipinski definition) is 6. The van der Waals surface area contributed by atoms with Crippen molar-refractivity contribution in [2.24, 2.45) is 0 Å². The number of carbonyl (C=O) groups excluding carboxylic acids is 1. The molecule has 0 fully saturated rings. The van der Waals surface area contributed by atoms with E-state index in [9.17, 15) is 4.79 Å². The van der Waals surface area contributed by atoms with Gasteiger partial charge in [-0.2, -0.15) is 0 Å². The van der Waals surface area contributed by atoms with Crippen molar-refractivity contribution in [3.8, 4) is 27.8 Å². The van der Waals surface area contributed by atoms with Gasteiger partial charge in [0.1, 0.15) is 10.8 Å². The zero-order valence-corrected chi connectivity index (χ0v) is 11.6. The molecule has 5 nitrogen and oxygen atoms in total. The van der Waals surface area contributed by atoms with Gasteiger partial charge in [-0.1, -0.05) is 0 Å². The van der Waals surface area contributed by atoms with E-state index in [1.807, 2.05) is 0 Å². The molecule has 0 atom stereocenters. The zero-order chi connectivity index (χ0) is 13.8. The van der Waals surface area contributed by atoms with E-state index in [0.29, 0.717) is 27.1 Å². The second-order valence-corrected chi connectivity index (χ2v) is 4.66. The van der Waals surface area contributed by atoms with Gasteiger partial charge in [0.05, 0.1) is 31.8 Å². The Morgan fingerprint density at radius 3 is 2.21 bits per heavy atom. The van der Waals surface area contributed by atoms with Crippen LogP contribution in [0.3, 0.4) is 0 Å². The Bertz CT molecular complexity index is 594. The van der Waals surface area contributed by atoms with Crippen LogP contribution < -0.4 is 14.2 Å². The molecule has 1 aromatic carbocycles. The van der Waals surface area contributed by atoms with E-state index in [4.69, 9.17) is 14.2 Å². The molecule has 0 aliphatic heterocycles. The average Bonchev–Trinajstić information content (AvgIpc) is 2.94. The Morgan fingerprint density at radius 2 is 1.68 bits per heavy atom. The number of carbonyl (C=O) groups is 1. The summed E-state index contributed by atoms with van der Waals surface area (Å²) in [5.74, 6) is 1.78. The monoisotopic (exact) mass is 279 g/mol. The van der Waals surface area contributed by atoms with Crippen LogP contribution in [0.2, 0.25) is 0 Å². The van der Waals surface area contributed by atoms with Crippen LogP contribution >= 0.6 is 11.3 Å². The van der Waals surface area contributed by atoms with Gasteiger partial charge < -0.3 is 14.2 Å². The molecule has 0 saturated carbocycles. The van der Waals surface area contributed by atoms with Gasteiger partial charge >= 0.3 is 0 Å². The lowest BCUT2D eigenvalue weighted by Gasteiger charge is -2.12. The van der Waals surface area contributed by atoms with Gasteiger partial charge in [0.15, 0.2) is 17.8 Å². The third-order valence-electron chi connectivity index (χ3n) is 2.58. The number of methoxy groups -OCH3 is 3. The molecule has 1 aromatic heterocycles. The number of aromatic nitrogens is 1. The maximum Gasteiger partial charge on any atom is 0.164 e. The van der Waals surface area contributed by atoms with Crippen molar-refractivity contribution in [1.82, 2.24) is 4.98 Å². The van der Waals surface area contributed by atoms with E-state index in [0.717, 1.165) is 11.8 Å². The number of ether oxygens (including phenoxy) is 3. The smallest absolute Gasteiger partial charge is 0.164 e. The predicted octanol–water partition coefficient (Wildman–Crippen LogP) is 2.65. The van der Waals surface area contributed by atoms with Crippen molar-refractivity contribution in [3.63, 3.8) is 0 Å². The second-order valence-electron chi connectivity index (χ2n) is 3.59. The Hall–Kier alpha value is -2.08. The van der Waals surface area contributed by atoms with E-state index in [1.165, 1.54) is 17.5 Å². The molecule has 0 aliphatic rings. The molecule has 0 aliphatic carbocycles. The molecule has 0 spiro atoms. The number of nitrogens with zero attached hydrogens (tertiary/aromatic N) is 1. The molecule has 1 heterocycles. The third-order valence-corrected chi connectivity index (χ3v) is 3.53. The minimum Gasteiger partial charge on any atom is -0.496 e. The molecule has 19 heavy (non-hydrogen) atoms. The molecule has 6 heteroatoms. The highest BCUT2D eigenvalue weighted by molar-refractivity contribution is 7.16. The molecule has 0 radical (unpaired) electrons. The van der Waals surface area contributed by atoms with Gasteiger partial charge in [0.2, 0.25) is 0 Å². The van der Waals surface area contributed by atoms with E-state index in [2.05, 4.69) is 4.98 Å². The Morgan fingerprint density at radius 1 is 1.05 bits per heavy atom. The van der Waals surface area contributed by atoms with E-state index in [1.54, 1.807) is 33.5 Å². The number of benzene rings is 1. The van der Waals surface area contributed by atoms with Gasteiger partial charge in [-0.3, -0.25) is 4.79 Å². The summed E-state index contributed by atoms with van der Waals surface area (Å²) in [7, 11) is 4.69. The average molecular weight is 279 g/mol. The summed E-state index contributed by atoms with van der Waals surface area (Å²) in [6.07, 6.45) is 2.30. The van der Waals surface area contributed by atoms with Crippen LogP contribution in [0.25, 0.3) is 10.6 Å². The maximum absolute atomic E-state index is 10.7. The van der Waals surface area contributed by atoms with Crippen molar-refractivity contribution in [2.45, 2.75) is 0 Å². The van der Waals surface area contributed by atoms with Crippen LogP contribution in [0, 0.1) is 0 Å². The first-order valence-electron chi connectivity index (χ1n) is 5.44. The van der Waals surface area contributed by atoms with Crippen LogP contribution in [-0.4, -0.2) is 32.6 Å². The largest absolute Gasteiger partial charge is 0.496 e. The molecule has 2 rings (SSSR count). The molecular formula is C13H13NO4S. The second kappa shape index (κ2) is 5.71. The summed E-state index contributed by atoms with van der Waals surface area (Å²) < 4.78 is 15.8. The third kappa shape index (κ3) is 2.53. The Kier molecular flexibility index (Phi) is 4.01. The summed E-state index contributed by atoms with van der Waals surface area (Å²) in [6.45, 7) is 0. The summed E-state index contributed by atoms with van der Waals surface area (Å²) in [5, 5.41) is 0.694. The fourth-order valence-corrected chi connectivity index (χ4v) is 2.41. The van der Waals surface area contributed by atoms with Crippen molar-refractivity contribution in [3.05, 3.63) is 23.2 Å². The van der Waals surface area contributed by atoms with Crippen molar-refractivity contribution in [2.75, 3.05) is 21.3 Å².